The highest BCUT2D eigenvalue weighted by atomic mass is 19.4. The van der Waals surface area contributed by atoms with Gasteiger partial charge in [-0.15, -0.1) is 0 Å². The van der Waals surface area contributed by atoms with E-state index in [4.69, 9.17) is 0 Å². The molecule has 6 nitrogen and oxygen atoms in total. The van der Waals surface area contributed by atoms with Crippen molar-refractivity contribution in [2.75, 3.05) is 30.9 Å². The Hall–Kier alpha value is -3.07. The van der Waals surface area contributed by atoms with Crippen molar-refractivity contribution in [3.63, 3.8) is 0 Å². The normalized spacial score (nSPS) is 12.2. The lowest BCUT2D eigenvalue weighted by Gasteiger charge is -2.15. The maximum Gasteiger partial charge on any atom is 0.416 e. The van der Waals surface area contributed by atoms with Gasteiger partial charge in [-0.25, -0.2) is 0 Å². The number of nitrogens with zero attached hydrogens (tertiary/aromatic N) is 1. The summed E-state index contributed by atoms with van der Waals surface area (Å²) in [6.07, 6.45) is -5.50. The quantitative estimate of drug-likeness (QED) is 0.680. The van der Waals surface area contributed by atoms with Gasteiger partial charge in [-0.05, 0) is 42.0 Å². The van der Waals surface area contributed by atoms with E-state index in [1.165, 1.54) is 0 Å². The van der Waals surface area contributed by atoms with Crippen LogP contribution in [-0.2, 0) is 15.8 Å². The monoisotopic (exact) mass is 395 g/mol. The van der Waals surface area contributed by atoms with E-state index in [0.717, 1.165) is 30.0 Å². The molecular formula is C19H20F3N3O3. The number of nitrogens with one attached hydrogen (secondary N) is 2. The van der Waals surface area contributed by atoms with Crippen molar-refractivity contribution in [3.8, 4) is 0 Å². The summed E-state index contributed by atoms with van der Waals surface area (Å²) >= 11 is 0. The largest absolute Gasteiger partial charge is 0.416 e. The molecule has 0 bridgehead atoms. The van der Waals surface area contributed by atoms with Crippen LogP contribution in [0.5, 0.6) is 0 Å². The zero-order valence-corrected chi connectivity index (χ0v) is 15.2. The molecule has 0 saturated heterocycles. The average Bonchev–Trinajstić information content (AvgIpc) is 2.65. The van der Waals surface area contributed by atoms with Crippen LogP contribution < -0.4 is 15.5 Å². The predicted molar refractivity (Wildman–Crippen MR) is 98.8 cm³/mol. The van der Waals surface area contributed by atoms with Crippen LogP contribution in [0, 0.1) is 0 Å². The first-order valence-corrected chi connectivity index (χ1v) is 8.29. The van der Waals surface area contributed by atoms with Crippen LogP contribution in [0.4, 0.5) is 24.5 Å². The third kappa shape index (κ3) is 5.71. The lowest BCUT2D eigenvalue weighted by atomic mass is 10.1. The maximum absolute atomic E-state index is 12.5. The lowest BCUT2D eigenvalue weighted by molar-refractivity contribution is -0.137. The summed E-state index contributed by atoms with van der Waals surface area (Å²) in [6.45, 7) is -0.194. The Bertz CT molecular complexity index is 819. The minimum Gasteiger partial charge on any atom is -0.387 e. The molecule has 2 aromatic carbocycles. The minimum absolute atomic E-state index is 0.0490. The van der Waals surface area contributed by atoms with Crippen LogP contribution in [0.25, 0.3) is 0 Å². The Morgan fingerprint density at radius 1 is 1.00 bits per heavy atom. The molecule has 150 valence electrons. The standard InChI is InChI=1S/C19H20F3N3O3/c1-25(2)15-9-3-12(4-10-15)16(26)11-23-17(27)18(28)24-14-7-5-13(6-8-14)19(20,21)22/h3-10,16,26H,11H2,1-2H3,(H,23,27)(H,24,28). The van der Waals surface area contributed by atoms with E-state index in [1.807, 2.05) is 19.0 Å². The second-order valence-electron chi connectivity index (χ2n) is 6.24. The van der Waals surface area contributed by atoms with Gasteiger partial charge in [-0.2, -0.15) is 13.2 Å². The highest BCUT2D eigenvalue weighted by Crippen LogP contribution is 2.29. The number of aliphatic hydroxyl groups excluding tert-OH is 1. The molecule has 0 saturated carbocycles. The third-order valence-electron chi connectivity index (χ3n) is 3.93. The zero-order valence-electron chi connectivity index (χ0n) is 15.2. The van der Waals surface area contributed by atoms with Crippen LogP contribution in [0.15, 0.2) is 48.5 Å². The fraction of sp³-hybridized carbons (Fsp3) is 0.263. The van der Waals surface area contributed by atoms with E-state index in [0.29, 0.717) is 5.56 Å². The van der Waals surface area contributed by atoms with Gasteiger partial charge in [-0.3, -0.25) is 9.59 Å². The first-order chi connectivity index (χ1) is 13.1. The molecule has 2 aromatic rings. The third-order valence-corrected chi connectivity index (χ3v) is 3.93. The fourth-order valence-corrected chi connectivity index (χ4v) is 2.31. The smallest absolute Gasteiger partial charge is 0.387 e. The molecule has 0 aliphatic heterocycles. The summed E-state index contributed by atoms with van der Waals surface area (Å²) in [5.74, 6) is -2.06. The molecule has 0 aromatic heterocycles. The number of benzene rings is 2. The number of alkyl halides is 3. The van der Waals surface area contributed by atoms with Gasteiger partial charge in [0, 0.05) is 32.0 Å². The van der Waals surface area contributed by atoms with Gasteiger partial charge >= 0.3 is 18.0 Å². The molecule has 2 amide bonds. The van der Waals surface area contributed by atoms with Crippen molar-refractivity contribution in [1.82, 2.24) is 5.32 Å². The number of rotatable bonds is 5. The molecule has 1 unspecified atom stereocenters. The van der Waals surface area contributed by atoms with Crippen molar-refractivity contribution in [2.45, 2.75) is 12.3 Å². The summed E-state index contributed by atoms with van der Waals surface area (Å²) in [6, 6.07) is 10.7. The molecule has 9 heteroatoms. The summed E-state index contributed by atoms with van der Waals surface area (Å²) in [7, 11) is 3.75. The Balaban J connectivity index is 1.87. The number of aliphatic hydroxyl groups is 1. The number of hydrogen-bond acceptors (Lipinski definition) is 4. The highest BCUT2D eigenvalue weighted by molar-refractivity contribution is 6.39. The van der Waals surface area contributed by atoms with E-state index < -0.39 is 29.7 Å². The van der Waals surface area contributed by atoms with Crippen molar-refractivity contribution in [3.05, 3.63) is 59.7 Å². The SMILES string of the molecule is CN(C)c1ccc(C(O)CNC(=O)C(=O)Nc2ccc(C(F)(F)F)cc2)cc1. The van der Waals surface area contributed by atoms with Gasteiger partial charge in [0.05, 0.1) is 11.7 Å². The molecule has 2 rings (SSSR count). The summed E-state index contributed by atoms with van der Waals surface area (Å²) in [5, 5.41) is 14.6. The van der Waals surface area contributed by atoms with Crippen molar-refractivity contribution in [1.29, 1.82) is 0 Å². The predicted octanol–water partition coefficient (Wildman–Crippen LogP) is 2.56. The van der Waals surface area contributed by atoms with Gasteiger partial charge in [0.1, 0.15) is 0 Å². The number of carbonyl (C=O) groups is 2. The van der Waals surface area contributed by atoms with Crippen LogP contribution in [0.3, 0.4) is 0 Å². The number of anilines is 2. The summed E-state index contributed by atoms with van der Waals surface area (Å²) in [4.78, 5) is 25.6. The van der Waals surface area contributed by atoms with Crippen LogP contribution in [-0.4, -0.2) is 37.6 Å². The van der Waals surface area contributed by atoms with E-state index in [9.17, 15) is 27.9 Å². The maximum atomic E-state index is 12.5. The molecule has 0 aliphatic carbocycles. The van der Waals surface area contributed by atoms with Gasteiger partial charge in [0.25, 0.3) is 0 Å². The lowest BCUT2D eigenvalue weighted by Crippen LogP contribution is -2.37. The van der Waals surface area contributed by atoms with E-state index in [1.54, 1.807) is 24.3 Å². The van der Waals surface area contributed by atoms with Gasteiger partial charge in [-0.1, -0.05) is 12.1 Å². The molecule has 3 N–H and O–H groups in total. The van der Waals surface area contributed by atoms with Gasteiger partial charge < -0.3 is 20.6 Å². The zero-order chi connectivity index (χ0) is 20.9. The number of amides is 2. The molecule has 1 atom stereocenters. The van der Waals surface area contributed by atoms with Crippen molar-refractivity contribution >= 4 is 23.2 Å². The molecule has 0 radical (unpaired) electrons. The van der Waals surface area contributed by atoms with Crippen LogP contribution >= 0.6 is 0 Å². The topological polar surface area (TPSA) is 81.7 Å². The molecule has 0 aliphatic rings. The van der Waals surface area contributed by atoms with Gasteiger partial charge in [0.2, 0.25) is 0 Å². The van der Waals surface area contributed by atoms with E-state index in [-0.39, 0.29) is 12.2 Å². The fourth-order valence-electron chi connectivity index (χ4n) is 2.31. The Labute approximate surface area is 160 Å². The Kier molecular flexibility index (Phi) is 6.63. The first kappa shape index (κ1) is 21.2. The Morgan fingerprint density at radius 3 is 2.07 bits per heavy atom. The van der Waals surface area contributed by atoms with E-state index >= 15 is 0 Å². The number of hydrogen-bond donors (Lipinski definition) is 3. The van der Waals surface area contributed by atoms with Crippen molar-refractivity contribution in [2.24, 2.45) is 0 Å². The van der Waals surface area contributed by atoms with Crippen molar-refractivity contribution < 1.29 is 27.9 Å². The molecule has 0 spiro atoms. The summed E-state index contributed by atoms with van der Waals surface area (Å²) in [5.41, 5.74) is 0.691. The Morgan fingerprint density at radius 2 is 1.57 bits per heavy atom. The van der Waals surface area contributed by atoms with E-state index in [2.05, 4.69) is 10.6 Å². The number of halogens is 3. The molecule has 0 fully saturated rings. The van der Waals surface area contributed by atoms with Gasteiger partial charge in [0.15, 0.2) is 0 Å². The average molecular weight is 395 g/mol. The molecule has 28 heavy (non-hydrogen) atoms. The second-order valence-corrected chi connectivity index (χ2v) is 6.24. The van der Waals surface area contributed by atoms with Crippen LogP contribution in [0.1, 0.15) is 17.2 Å². The number of carbonyl (C=O) groups excluding carboxylic acids is 2. The first-order valence-electron chi connectivity index (χ1n) is 8.29. The molecular weight excluding hydrogens is 375 g/mol. The second kappa shape index (κ2) is 8.75. The minimum atomic E-state index is -4.49. The highest BCUT2D eigenvalue weighted by Gasteiger charge is 2.30. The van der Waals surface area contributed by atoms with Crippen LogP contribution in [0.2, 0.25) is 0 Å². The molecule has 0 heterocycles. The summed E-state index contributed by atoms with van der Waals surface area (Å²) < 4.78 is 37.5.